The van der Waals surface area contributed by atoms with Crippen LogP contribution < -0.4 is 5.32 Å². The van der Waals surface area contributed by atoms with Gasteiger partial charge in [0.2, 0.25) is 5.91 Å². The molecule has 2 N–H and O–H groups in total. The molecule has 7 heteroatoms. The predicted octanol–water partition coefficient (Wildman–Crippen LogP) is -0.135. The van der Waals surface area contributed by atoms with E-state index < -0.39 is 6.10 Å². The van der Waals surface area contributed by atoms with Gasteiger partial charge in [-0.05, 0) is 18.6 Å². The Morgan fingerprint density at radius 3 is 2.90 bits per heavy atom. The van der Waals surface area contributed by atoms with Crippen molar-refractivity contribution in [2.45, 2.75) is 12.5 Å². The molecule has 0 bridgehead atoms. The number of furan rings is 1. The van der Waals surface area contributed by atoms with Crippen LogP contribution in [0, 0.1) is 0 Å². The Bertz CT molecular complexity index is 418. The monoisotopic (exact) mass is 284 g/mol. The minimum absolute atomic E-state index is 0.0695. The van der Waals surface area contributed by atoms with Gasteiger partial charge >= 0.3 is 0 Å². The van der Waals surface area contributed by atoms with Gasteiger partial charge in [0.05, 0.1) is 25.5 Å². The van der Waals surface area contributed by atoms with Crippen LogP contribution in [-0.2, 0) is 9.53 Å². The van der Waals surface area contributed by atoms with Gasteiger partial charge in [-0.1, -0.05) is 0 Å². The van der Waals surface area contributed by atoms with Crippen LogP contribution in [0.1, 0.15) is 17.0 Å². The Morgan fingerprint density at radius 2 is 2.30 bits per heavy atom. The van der Waals surface area contributed by atoms with Crippen molar-refractivity contribution in [3.05, 3.63) is 24.2 Å². The van der Waals surface area contributed by atoms with Crippen LogP contribution in [0.5, 0.6) is 0 Å². The Morgan fingerprint density at radius 1 is 1.55 bits per heavy atom. The molecule has 7 nitrogen and oxygen atoms in total. The van der Waals surface area contributed by atoms with Crippen LogP contribution in [0.25, 0.3) is 0 Å². The molecule has 1 rings (SSSR count). The van der Waals surface area contributed by atoms with Crippen LogP contribution in [0.4, 0.5) is 0 Å². The van der Waals surface area contributed by atoms with Gasteiger partial charge in [-0.3, -0.25) is 9.59 Å². The molecule has 0 fully saturated rings. The lowest BCUT2D eigenvalue weighted by Gasteiger charge is -2.16. The first-order valence-electron chi connectivity index (χ1n) is 6.27. The molecule has 0 aromatic carbocycles. The molecule has 0 saturated heterocycles. The summed E-state index contributed by atoms with van der Waals surface area (Å²) in [7, 11) is 3.02. The molecule has 1 aromatic heterocycles. The average molecular weight is 284 g/mol. The SMILES string of the molecule is COCC(O)CCNC(=O)CN(C)C(=O)c1ccco1. The van der Waals surface area contributed by atoms with Crippen molar-refractivity contribution in [3.8, 4) is 0 Å². The number of hydrogen-bond donors (Lipinski definition) is 2. The third-order valence-corrected chi connectivity index (χ3v) is 2.62. The molecule has 1 unspecified atom stereocenters. The van der Waals surface area contributed by atoms with Crippen LogP contribution >= 0.6 is 0 Å². The number of carbonyl (C=O) groups is 2. The fraction of sp³-hybridized carbons (Fsp3) is 0.538. The largest absolute Gasteiger partial charge is 0.459 e. The number of nitrogens with one attached hydrogen (secondary N) is 1. The first-order chi connectivity index (χ1) is 9.54. The summed E-state index contributed by atoms with van der Waals surface area (Å²) in [6.45, 7) is 0.485. The Hall–Kier alpha value is -1.86. The van der Waals surface area contributed by atoms with Gasteiger partial charge in [0.1, 0.15) is 0 Å². The second-order valence-electron chi connectivity index (χ2n) is 4.39. The number of carbonyl (C=O) groups excluding carboxylic acids is 2. The zero-order valence-corrected chi connectivity index (χ0v) is 11.7. The quantitative estimate of drug-likeness (QED) is 0.693. The minimum Gasteiger partial charge on any atom is -0.459 e. The normalized spacial score (nSPS) is 11.9. The molecule has 2 amide bonds. The second-order valence-corrected chi connectivity index (χ2v) is 4.39. The molecule has 1 aromatic rings. The van der Waals surface area contributed by atoms with E-state index in [1.165, 1.54) is 31.4 Å². The minimum atomic E-state index is -0.609. The third-order valence-electron chi connectivity index (χ3n) is 2.62. The highest BCUT2D eigenvalue weighted by Crippen LogP contribution is 2.03. The van der Waals surface area contributed by atoms with Gasteiger partial charge in [0.15, 0.2) is 5.76 Å². The number of amides is 2. The molecule has 0 aliphatic rings. The van der Waals surface area contributed by atoms with E-state index in [0.717, 1.165) is 0 Å². The summed E-state index contributed by atoms with van der Waals surface area (Å²) in [6, 6.07) is 3.15. The van der Waals surface area contributed by atoms with Gasteiger partial charge in [-0.15, -0.1) is 0 Å². The lowest BCUT2D eigenvalue weighted by molar-refractivity contribution is -0.121. The van der Waals surface area contributed by atoms with E-state index in [4.69, 9.17) is 9.15 Å². The smallest absolute Gasteiger partial charge is 0.289 e. The third kappa shape index (κ3) is 5.41. The number of ether oxygens (including phenoxy) is 1. The number of likely N-dealkylation sites (N-methyl/N-ethyl adjacent to an activating group) is 1. The lowest BCUT2D eigenvalue weighted by Crippen LogP contribution is -2.39. The highest BCUT2D eigenvalue weighted by molar-refractivity contribution is 5.94. The van der Waals surface area contributed by atoms with E-state index in [1.54, 1.807) is 6.07 Å². The first kappa shape index (κ1) is 16.2. The van der Waals surface area contributed by atoms with Crippen molar-refractivity contribution in [1.82, 2.24) is 10.2 Å². The van der Waals surface area contributed by atoms with Gasteiger partial charge in [-0.25, -0.2) is 0 Å². The summed E-state index contributed by atoms with van der Waals surface area (Å²) in [5.41, 5.74) is 0. The highest BCUT2D eigenvalue weighted by Gasteiger charge is 2.16. The number of aliphatic hydroxyl groups excluding tert-OH is 1. The zero-order valence-electron chi connectivity index (χ0n) is 11.7. The molecule has 1 heterocycles. The fourth-order valence-electron chi connectivity index (χ4n) is 1.59. The van der Waals surface area contributed by atoms with E-state index in [2.05, 4.69) is 5.32 Å². The molecule has 20 heavy (non-hydrogen) atoms. The standard InChI is InChI=1S/C13H20N2O5/c1-15(13(18)11-4-3-7-20-11)8-12(17)14-6-5-10(16)9-19-2/h3-4,7,10,16H,5-6,8-9H2,1-2H3,(H,14,17). The Kier molecular flexibility index (Phi) is 6.75. The second kappa shape index (κ2) is 8.34. The molecule has 0 spiro atoms. The molecule has 0 aliphatic carbocycles. The van der Waals surface area contributed by atoms with E-state index in [1.807, 2.05) is 0 Å². The number of aliphatic hydroxyl groups is 1. The summed E-state index contributed by atoms with van der Waals surface area (Å²) < 4.78 is 9.74. The van der Waals surface area contributed by atoms with Crippen molar-refractivity contribution < 1.29 is 23.8 Å². The average Bonchev–Trinajstić information content (AvgIpc) is 2.91. The molecule has 1 atom stereocenters. The van der Waals surface area contributed by atoms with Gasteiger partial charge in [-0.2, -0.15) is 0 Å². The number of hydrogen-bond acceptors (Lipinski definition) is 5. The van der Waals surface area contributed by atoms with E-state index in [0.29, 0.717) is 13.0 Å². The highest BCUT2D eigenvalue weighted by atomic mass is 16.5. The Balaban J connectivity index is 2.26. The van der Waals surface area contributed by atoms with E-state index in [9.17, 15) is 14.7 Å². The molecule has 0 aliphatic heterocycles. The van der Waals surface area contributed by atoms with Gasteiger partial charge < -0.3 is 24.5 Å². The summed E-state index contributed by atoms with van der Waals surface area (Å²) in [5.74, 6) is -0.461. The van der Waals surface area contributed by atoms with E-state index in [-0.39, 0.29) is 30.7 Å². The summed E-state index contributed by atoms with van der Waals surface area (Å²) >= 11 is 0. The molecule has 0 saturated carbocycles. The number of rotatable bonds is 8. The fourth-order valence-corrected chi connectivity index (χ4v) is 1.59. The zero-order chi connectivity index (χ0) is 15.0. The van der Waals surface area contributed by atoms with Crippen molar-refractivity contribution >= 4 is 11.8 Å². The number of methoxy groups -OCH3 is 1. The summed E-state index contributed by atoms with van der Waals surface area (Å²) in [4.78, 5) is 24.7. The van der Waals surface area contributed by atoms with Crippen molar-refractivity contribution in [2.24, 2.45) is 0 Å². The number of nitrogens with zero attached hydrogens (tertiary/aromatic N) is 1. The maximum absolute atomic E-state index is 11.8. The predicted molar refractivity (Wildman–Crippen MR) is 71.2 cm³/mol. The van der Waals surface area contributed by atoms with Crippen molar-refractivity contribution in [3.63, 3.8) is 0 Å². The maximum Gasteiger partial charge on any atom is 0.289 e. The molecule has 0 radical (unpaired) electrons. The Labute approximate surface area is 117 Å². The van der Waals surface area contributed by atoms with Gasteiger partial charge in [0.25, 0.3) is 5.91 Å². The molecular weight excluding hydrogens is 264 g/mol. The molecule has 112 valence electrons. The van der Waals surface area contributed by atoms with Crippen molar-refractivity contribution in [1.29, 1.82) is 0 Å². The maximum atomic E-state index is 11.8. The van der Waals surface area contributed by atoms with Gasteiger partial charge in [0, 0.05) is 20.7 Å². The van der Waals surface area contributed by atoms with Crippen LogP contribution in [0.3, 0.4) is 0 Å². The van der Waals surface area contributed by atoms with Crippen LogP contribution in [-0.4, -0.2) is 61.8 Å². The van der Waals surface area contributed by atoms with E-state index >= 15 is 0 Å². The topological polar surface area (TPSA) is 92.0 Å². The van der Waals surface area contributed by atoms with Crippen LogP contribution in [0.15, 0.2) is 22.8 Å². The summed E-state index contributed by atoms with van der Waals surface area (Å²) in [5, 5.41) is 12.0. The first-order valence-corrected chi connectivity index (χ1v) is 6.27. The molecular formula is C13H20N2O5. The lowest BCUT2D eigenvalue weighted by atomic mass is 10.2. The van der Waals surface area contributed by atoms with Crippen molar-refractivity contribution in [2.75, 3.05) is 33.9 Å². The van der Waals surface area contributed by atoms with Crippen LogP contribution in [0.2, 0.25) is 0 Å². The summed E-state index contributed by atoms with van der Waals surface area (Å²) in [6.07, 6.45) is 1.19.